The fraction of sp³-hybridized carbons (Fsp3) is 0.400. The topological polar surface area (TPSA) is 22.1 Å². The molecule has 0 aliphatic rings. The van der Waals surface area contributed by atoms with Gasteiger partial charge in [0.2, 0.25) is 0 Å². The van der Waals surface area contributed by atoms with Crippen molar-refractivity contribution < 1.29 is 4.74 Å². The molecule has 2 nitrogen and oxygen atoms in total. The van der Waals surface area contributed by atoms with Crippen LogP contribution in [0.15, 0.2) is 6.20 Å². The molecule has 3 heteroatoms. The van der Waals surface area contributed by atoms with Gasteiger partial charge in [0.15, 0.2) is 0 Å². The predicted molar refractivity (Wildman–Crippen MR) is 31.7 cm³/mol. The van der Waals surface area contributed by atoms with Gasteiger partial charge in [-0.05, 0) is 0 Å². The Morgan fingerprint density at radius 3 is 3.38 bits per heavy atom. The van der Waals surface area contributed by atoms with Crippen LogP contribution >= 0.6 is 11.3 Å². The van der Waals surface area contributed by atoms with E-state index in [0.29, 0.717) is 6.61 Å². The average molecular weight is 128 g/mol. The van der Waals surface area contributed by atoms with Crippen LogP contribution in [0.1, 0.15) is 5.01 Å². The Morgan fingerprint density at radius 1 is 2.00 bits per heavy atom. The summed E-state index contributed by atoms with van der Waals surface area (Å²) in [5, 5.41) is 3.84. The molecule has 0 bridgehead atoms. The van der Waals surface area contributed by atoms with Crippen LogP contribution in [-0.2, 0) is 11.3 Å². The number of rotatable bonds is 2. The van der Waals surface area contributed by atoms with Crippen LogP contribution in [0.25, 0.3) is 0 Å². The molecule has 0 aliphatic heterocycles. The molecule has 0 aliphatic carbocycles. The van der Waals surface area contributed by atoms with Gasteiger partial charge in [0, 0.05) is 13.3 Å². The Morgan fingerprint density at radius 2 is 2.88 bits per heavy atom. The standard InChI is InChI=1S/C5H6NOS/c1-7-4-5-6-2-3-8-5/h2H,4H2,1H3. The third-order valence-corrected chi connectivity index (χ3v) is 1.39. The zero-order chi connectivity index (χ0) is 5.82. The molecule has 1 aromatic heterocycles. The summed E-state index contributed by atoms with van der Waals surface area (Å²) in [4.78, 5) is 3.94. The van der Waals surface area contributed by atoms with Crippen LogP contribution in [0, 0.1) is 5.38 Å². The van der Waals surface area contributed by atoms with Crippen LogP contribution in [0.4, 0.5) is 0 Å². The second-order valence-electron chi connectivity index (χ2n) is 1.30. The van der Waals surface area contributed by atoms with Gasteiger partial charge in [-0.1, -0.05) is 0 Å². The second kappa shape index (κ2) is 2.79. The first-order chi connectivity index (χ1) is 3.93. The molecule has 1 radical (unpaired) electrons. The maximum atomic E-state index is 4.81. The number of hydrogen-bond acceptors (Lipinski definition) is 3. The molecule has 0 saturated carbocycles. The van der Waals surface area contributed by atoms with Crippen molar-refractivity contribution in [2.45, 2.75) is 6.61 Å². The van der Waals surface area contributed by atoms with Gasteiger partial charge in [-0.2, -0.15) is 0 Å². The second-order valence-corrected chi connectivity index (χ2v) is 2.22. The van der Waals surface area contributed by atoms with Gasteiger partial charge in [0.1, 0.15) is 5.01 Å². The minimum Gasteiger partial charge on any atom is -0.378 e. The molecule has 0 fully saturated rings. The summed E-state index contributed by atoms with van der Waals surface area (Å²) in [6, 6.07) is 0. The molecule has 8 heavy (non-hydrogen) atoms. The average Bonchev–Trinajstić information content (AvgIpc) is 2.19. The van der Waals surface area contributed by atoms with E-state index in [1.54, 1.807) is 13.3 Å². The first-order valence-corrected chi connectivity index (χ1v) is 3.05. The van der Waals surface area contributed by atoms with Crippen molar-refractivity contribution in [2.75, 3.05) is 7.11 Å². The largest absolute Gasteiger partial charge is 0.378 e. The van der Waals surface area contributed by atoms with Crippen LogP contribution in [0.3, 0.4) is 0 Å². The third kappa shape index (κ3) is 1.28. The number of thiazole rings is 1. The van der Waals surface area contributed by atoms with E-state index in [-0.39, 0.29) is 0 Å². The van der Waals surface area contributed by atoms with E-state index in [2.05, 4.69) is 10.4 Å². The fourth-order valence-electron chi connectivity index (χ4n) is 0.409. The van der Waals surface area contributed by atoms with Crippen molar-refractivity contribution in [3.05, 3.63) is 16.6 Å². The number of methoxy groups -OCH3 is 1. The van der Waals surface area contributed by atoms with E-state index < -0.39 is 0 Å². The van der Waals surface area contributed by atoms with Crippen molar-refractivity contribution in [3.63, 3.8) is 0 Å². The van der Waals surface area contributed by atoms with Crippen LogP contribution < -0.4 is 0 Å². The predicted octanol–water partition coefficient (Wildman–Crippen LogP) is 1.09. The van der Waals surface area contributed by atoms with Gasteiger partial charge < -0.3 is 4.74 Å². The zero-order valence-corrected chi connectivity index (χ0v) is 5.36. The molecule has 0 saturated heterocycles. The van der Waals surface area contributed by atoms with E-state index >= 15 is 0 Å². The summed E-state index contributed by atoms with van der Waals surface area (Å²) >= 11 is 1.49. The Bertz CT molecular complexity index is 138. The van der Waals surface area contributed by atoms with E-state index in [4.69, 9.17) is 4.74 Å². The van der Waals surface area contributed by atoms with Gasteiger partial charge in [0.05, 0.1) is 12.0 Å². The van der Waals surface area contributed by atoms with Crippen LogP contribution in [-0.4, -0.2) is 12.1 Å². The highest BCUT2D eigenvalue weighted by Gasteiger charge is 1.89. The maximum Gasteiger partial charge on any atom is 0.119 e. The number of aromatic nitrogens is 1. The van der Waals surface area contributed by atoms with Gasteiger partial charge in [-0.3, -0.25) is 0 Å². The van der Waals surface area contributed by atoms with Crippen molar-refractivity contribution in [2.24, 2.45) is 0 Å². The maximum absolute atomic E-state index is 4.81. The van der Waals surface area contributed by atoms with Gasteiger partial charge in [-0.25, -0.2) is 4.98 Å². The molecular weight excluding hydrogens is 122 g/mol. The number of ether oxygens (including phenoxy) is 1. The van der Waals surface area contributed by atoms with Crippen molar-refractivity contribution >= 4 is 11.3 Å². The van der Waals surface area contributed by atoms with Crippen molar-refractivity contribution in [1.29, 1.82) is 0 Å². The lowest BCUT2D eigenvalue weighted by Gasteiger charge is -1.87. The first kappa shape index (κ1) is 5.72. The summed E-state index contributed by atoms with van der Waals surface area (Å²) in [5.41, 5.74) is 0. The fourth-order valence-corrected chi connectivity index (χ4v) is 0.933. The molecule has 43 valence electrons. The van der Waals surface area contributed by atoms with Crippen molar-refractivity contribution in [3.8, 4) is 0 Å². The normalized spacial score (nSPS) is 9.62. The molecule has 0 spiro atoms. The Kier molecular flexibility index (Phi) is 2.00. The molecule has 0 atom stereocenters. The highest BCUT2D eigenvalue weighted by molar-refractivity contribution is 7.09. The summed E-state index contributed by atoms with van der Waals surface area (Å²) in [6.45, 7) is 0.605. The minimum absolute atomic E-state index is 0.605. The Labute approximate surface area is 52.1 Å². The zero-order valence-electron chi connectivity index (χ0n) is 4.55. The quantitative estimate of drug-likeness (QED) is 0.594. The summed E-state index contributed by atoms with van der Waals surface area (Å²) in [7, 11) is 1.65. The van der Waals surface area contributed by atoms with Crippen molar-refractivity contribution in [1.82, 2.24) is 4.98 Å². The summed E-state index contributed by atoms with van der Waals surface area (Å²) in [5.74, 6) is 0. The molecule has 0 amide bonds. The smallest absolute Gasteiger partial charge is 0.119 e. The van der Waals surface area contributed by atoms with E-state index in [1.165, 1.54) is 11.3 Å². The Hall–Kier alpha value is -0.410. The molecule has 1 heterocycles. The summed E-state index contributed by atoms with van der Waals surface area (Å²) in [6.07, 6.45) is 1.65. The lowest BCUT2D eigenvalue weighted by molar-refractivity contribution is 0.184. The first-order valence-electron chi connectivity index (χ1n) is 2.23. The van der Waals surface area contributed by atoms with Gasteiger partial charge >= 0.3 is 0 Å². The number of hydrogen-bond donors (Lipinski definition) is 0. The molecule has 1 rings (SSSR count). The minimum atomic E-state index is 0.605. The third-order valence-electron chi connectivity index (χ3n) is 0.706. The van der Waals surface area contributed by atoms with E-state index in [0.717, 1.165) is 5.01 Å². The molecule has 1 aromatic rings. The molecule has 0 N–H and O–H groups in total. The monoisotopic (exact) mass is 128 g/mol. The SMILES string of the molecule is COCc1nc[c]s1. The lowest BCUT2D eigenvalue weighted by Crippen LogP contribution is -1.82. The summed E-state index contributed by atoms with van der Waals surface area (Å²) < 4.78 is 4.81. The number of nitrogens with zero attached hydrogens (tertiary/aromatic N) is 1. The van der Waals surface area contributed by atoms with Crippen LogP contribution in [0.5, 0.6) is 0 Å². The van der Waals surface area contributed by atoms with Gasteiger partial charge in [0.25, 0.3) is 0 Å². The van der Waals surface area contributed by atoms with Crippen LogP contribution in [0.2, 0.25) is 0 Å². The molecular formula is C5H6NOS. The highest BCUT2D eigenvalue weighted by atomic mass is 32.1. The highest BCUT2D eigenvalue weighted by Crippen LogP contribution is 2.02. The van der Waals surface area contributed by atoms with E-state index in [1.807, 2.05) is 0 Å². The van der Waals surface area contributed by atoms with Gasteiger partial charge in [-0.15, -0.1) is 11.3 Å². The lowest BCUT2D eigenvalue weighted by atomic mass is 10.7. The molecule has 0 aromatic carbocycles. The Balaban J connectivity index is 2.50. The van der Waals surface area contributed by atoms with E-state index in [9.17, 15) is 0 Å². The molecule has 0 unspecified atom stereocenters.